The van der Waals surface area contributed by atoms with Crippen molar-refractivity contribution in [1.82, 2.24) is 25.5 Å². The van der Waals surface area contributed by atoms with Crippen LogP contribution in [0.15, 0.2) is 97.2 Å². The molecule has 0 radical (unpaired) electrons. The number of carboxylic acid groups (broad SMARTS) is 1. The topological polar surface area (TPSA) is 82.4 Å². The van der Waals surface area contributed by atoms with Crippen molar-refractivity contribution in [1.29, 1.82) is 0 Å². The lowest BCUT2D eigenvalue weighted by molar-refractivity contribution is 0.0687. The van der Waals surface area contributed by atoms with E-state index in [1.54, 1.807) is 0 Å². The normalized spacial score (nSPS) is 19.1. The van der Waals surface area contributed by atoms with Crippen LogP contribution >= 0.6 is 0 Å². The van der Waals surface area contributed by atoms with E-state index >= 15 is 0 Å². The van der Waals surface area contributed by atoms with Gasteiger partial charge in [-0.3, -0.25) is 9.69 Å². The van der Waals surface area contributed by atoms with Crippen LogP contribution < -0.4 is 10.7 Å². The summed E-state index contributed by atoms with van der Waals surface area (Å²) in [7, 11) is 0. The molecule has 0 bridgehead atoms. The van der Waals surface area contributed by atoms with Gasteiger partial charge in [0.1, 0.15) is 5.54 Å². The minimum Gasteiger partial charge on any atom is -0.476 e. The summed E-state index contributed by atoms with van der Waals surface area (Å²) in [6, 6.07) is 32.1. The van der Waals surface area contributed by atoms with Crippen molar-refractivity contribution in [3.05, 3.63) is 131 Å². The Morgan fingerprint density at radius 1 is 0.825 bits per heavy atom. The van der Waals surface area contributed by atoms with Crippen molar-refractivity contribution in [2.75, 3.05) is 13.1 Å². The molecule has 3 heterocycles. The number of piperidine rings is 1. The first kappa shape index (κ1) is 24.8. The minimum atomic E-state index is -0.946. The van der Waals surface area contributed by atoms with E-state index in [0.29, 0.717) is 6.42 Å². The molecule has 1 saturated heterocycles. The van der Waals surface area contributed by atoms with Gasteiger partial charge in [0.2, 0.25) is 0 Å². The monoisotopic (exact) mass is 531 g/mol. The molecule has 2 aliphatic heterocycles. The van der Waals surface area contributed by atoms with Crippen LogP contribution in [0.25, 0.3) is 5.57 Å². The number of nitrogens with one attached hydrogen (secondary N) is 2. The van der Waals surface area contributed by atoms with Crippen LogP contribution in [0.3, 0.4) is 0 Å². The third-order valence-electron chi connectivity index (χ3n) is 8.70. The van der Waals surface area contributed by atoms with Gasteiger partial charge in [-0.25, -0.2) is 10.2 Å². The van der Waals surface area contributed by atoms with Crippen LogP contribution in [0.5, 0.6) is 0 Å². The zero-order valence-corrected chi connectivity index (χ0v) is 22.3. The van der Waals surface area contributed by atoms with Crippen LogP contribution in [0.2, 0.25) is 0 Å². The molecule has 202 valence electrons. The first-order valence-electron chi connectivity index (χ1n) is 14.2. The summed E-state index contributed by atoms with van der Waals surface area (Å²) >= 11 is 0. The number of hydrogen-bond donors (Lipinski definition) is 3. The standard InChI is InChI=1S/C33H33N5O2/c39-32(40)30-27-16-17-29-28(31(27)38(36-30)26-18-20-34-21-19-26)22-37(35-29)33(23-10-4-1-5-11-23,24-12-6-2-7-13-24)25-14-8-3-9-15-25/h1-15,22,26,29,34-35H,16-21H2,(H,39,40). The van der Waals surface area contributed by atoms with Crippen LogP contribution in [-0.4, -0.2) is 45.0 Å². The molecule has 40 heavy (non-hydrogen) atoms. The molecule has 7 heteroatoms. The number of aromatic carboxylic acids is 1. The maximum atomic E-state index is 12.3. The second-order valence-corrected chi connectivity index (χ2v) is 10.9. The van der Waals surface area contributed by atoms with Crippen LogP contribution in [-0.2, 0) is 12.0 Å². The van der Waals surface area contributed by atoms with E-state index in [1.165, 1.54) is 0 Å². The maximum absolute atomic E-state index is 12.3. The number of rotatable bonds is 6. The average molecular weight is 532 g/mol. The number of fused-ring (bicyclic) bond motifs is 3. The number of aromatic nitrogens is 2. The van der Waals surface area contributed by atoms with E-state index in [9.17, 15) is 9.90 Å². The van der Waals surface area contributed by atoms with Gasteiger partial charge >= 0.3 is 5.97 Å². The molecule has 3 aliphatic rings. The lowest BCUT2D eigenvalue weighted by atomic mass is 9.76. The molecule has 1 aliphatic carbocycles. The summed E-state index contributed by atoms with van der Waals surface area (Å²) in [4.78, 5) is 12.3. The molecule has 0 spiro atoms. The number of hydrogen-bond acceptors (Lipinski definition) is 5. The van der Waals surface area contributed by atoms with Gasteiger partial charge in [0.25, 0.3) is 0 Å². The van der Waals surface area contributed by atoms with Crippen molar-refractivity contribution in [3.63, 3.8) is 0 Å². The molecule has 4 aromatic rings. The zero-order chi connectivity index (χ0) is 27.1. The van der Waals surface area contributed by atoms with Crippen molar-refractivity contribution in [2.24, 2.45) is 0 Å². The molecular weight excluding hydrogens is 498 g/mol. The van der Waals surface area contributed by atoms with Gasteiger partial charge in [-0.05, 0) is 55.5 Å². The SMILES string of the molecule is O=C(O)c1nn(C2CCNCC2)c2c1CCC1NN(C(c3ccccc3)(c3ccccc3)c3ccccc3)C=C21. The first-order valence-corrected chi connectivity index (χ1v) is 14.2. The molecule has 0 amide bonds. The van der Waals surface area contributed by atoms with Gasteiger partial charge in [0, 0.05) is 17.3 Å². The zero-order valence-electron chi connectivity index (χ0n) is 22.3. The van der Waals surface area contributed by atoms with Gasteiger partial charge < -0.3 is 10.4 Å². The Balaban J connectivity index is 1.45. The smallest absolute Gasteiger partial charge is 0.356 e. The number of nitrogens with zero attached hydrogens (tertiary/aromatic N) is 3. The highest BCUT2D eigenvalue weighted by Gasteiger charge is 2.47. The highest BCUT2D eigenvalue weighted by Crippen LogP contribution is 2.47. The Morgan fingerprint density at radius 3 is 1.90 bits per heavy atom. The lowest BCUT2D eigenvalue weighted by Crippen LogP contribution is -2.52. The third-order valence-corrected chi connectivity index (χ3v) is 8.70. The molecule has 1 fully saturated rings. The highest BCUT2D eigenvalue weighted by molar-refractivity contribution is 5.90. The molecule has 0 saturated carbocycles. The van der Waals surface area contributed by atoms with Crippen LogP contribution in [0.4, 0.5) is 0 Å². The molecule has 1 atom stereocenters. The van der Waals surface area contributed by atoms with E-state index in [0.717, 1.165) is 65.9 Å². The fourth-order valence-electron chi connectivity index (χ4n) is 6.89. The highest BCUT2D eigenvalue weighted by atomic mass is 16.4. The Morgan fingerprint density at radius 2 is 1.38 bits per heavy atom. The van der Waals surface area contributed by atoms with E-state index in [2.05, 4.69) is 113 Å². The Kier molecular flexibility index (Phi) is 6.25. The average Bonchev–Trinajstić information content (AvgIpc) is 3.62. The minimum absolute atomic E-state index is 0.0572. The van der Waals surface area contributed by atoms with Crippen molar-refractivity contribution in [3.8, 4) is 0 Å². The van der Waals surface area contributed by atoms with E-state index in [4.69, 9.17) is 5.10 Å². The quantitative estimate of drug-likeness (QED) is 0.305. The molecular formula is C33H33N5O2. The summed E-state index contributed by atoms with van der Waals surface area (Å²) in [5.41, 5.74) is 9.84. The molecule has 3 aromatic carbocycles. The first-order chi connectivity index (χ1) is 19.7. The Bertz CT molecular complexity index is 1450. The Labute approximate surface area is 234 Å². The fraction of sp³-hybridized carbons (Fsp3) is 0.273. The third kappa shape index (κ3) is 3.88. The van der Waals surface area contributed by atoms with E-state index < -0.39 is 11.5 Å². The predicted octanol–water partition coefficient (Wildman–Crippen LogP) is 4.97. The molecule has 1 unspecified atom stereocenters. The summed E-state index contributed by atoms with van der Waals surface area (Å²) < 4.78 is 2.04. The second-order valence-electron chi connectivity index (χ2n) is 10.9. The van der Waals surface area contributed by atoms with Crippen LogP contribution in [0, 0.1) is 0 Å². The summed E-state index contributed by atoms with van der Waals surface area (Å²) in [6.07, 6.45) is 5.58. The van der Waals surface area contributed by atoms with Crippen molar-refractivity contribution < 1.29 is 9.90 Å². The maximum Gasteiger partial charge on any atom is 0.356 e. The van der Waals surface area contributed by atoms with E-state index in [1.807, 2.05) is 4.68 Å². The predicted molar refractivity (Wildman–Crippen MR) is 155 cm³/mol. The molecule has 7 nitrogen and oxygen atoms in total. The largest absolute Gasteiger partial charge is 0.476 e. The number of benzene rings is 3. The molecule has 7 rings (SSSR count). The second kappa shape index (κ2) is 10.1. The number of hydrazine groups is 1. The summed E-state index contributed by atoms with van der Waals surface area (Å²) in [5, 5.41) is 20.5. The van der Waals surface area contributed by atoms with Crippen molar-refractivity contribution >= 4 is 11.5 Å². The number of carbonyl (C=O) groups is 1. The van der Waals surface area contributed by atoms with Crippen molar-refractivity contribution in [2.45, 2.75) is 43.3 Å². The van der Waals surface area contributed by atoms with Gasteiger partial charge in [-0.2, -0.15) is 5.10 Å². The number of carboxylic acids is 1. The van der Waals surface area contributed by atoms with E-state index in [-0.39, 0.29) is 17.8 Å². The van der Waals surface area contributed by atoms with Gasteiger partial charge in [0.05, 0.1) is 17.8 Å². The molecule has 3 N–H and O–H groups in total. The Hall–Kier alpha value is -4.20. The lowest BCUT2D eigenvalue weighted by Gasteiger charge is -2.44. The van der Waals surface area contributed by atoms with Crippen LogP contribution in [0.1, 0.15) is 63.7 Å². The van der Waals surface area contributed by atoms with Gasteiger partial charge in [-0.15, -0.1) is 0 Å². The van der Waals surface area contributed by atoms with Gasteiger partial charge in [0.15, 0.2) is 5.69 Å². The van der Waals surface area contributed by atoms with Gasteiger partial charge in [-0.1, -0.05) is 91.0 Å². The summed E-state index contributed by atoms with van der Waals surface area (Å²) in [6.45, 7) is 1.82. The fourth-order valence-corrected chi connectivity index (χ4v) is 6.89. The molecule has 1 aromatic heterocycles. The summed E-state index contributed by atoms with van der Waals surface area (Å²) in [5.74, 6) is -0.946.